The number of benzene rings is 2. The number of carboxylic acid groups (broad SMARTS) is 1. The van der Waals surface area contributed by atoms with Gasteiger partial charge in [0.25, 0.3) is 0 Å². The highest BCUT2D eigenvalue weighted by Crippen LogP contribution is 2.22. The Hall–Kier alpha value is -1.58. The second kappa shape index (κ2) is 4.96. The van der Waals surface area contributed by atoms with Crippen LogP contribution in [0.4, 0.5) is 0 Å². The minimum atomic E-state index is -0.908. The number of rotatable bonds is 2. The highest BCUT2D eigenvalue weighted by Gasteiger charge is 2.08. The lowest BCUT2D eigenvalue weighted by Gasteiger charge is -2.06. The van der Waals surface area contributed by atoms with Crippen LogP contribution in [0.15, 0.2) is 36.4 Å². The summed E-state index contributed by atoms with van der Waals surface area (Å²) < 4.78 is 0. The Morgan fingerprint density at radius 3 is 2.38 bits per heavy atom. The van der Waals surface area contributed by atoms with Crippen LogP contribution in [0, 0.1) is 0 Å². The van der Waals surface area contributed by atoms with Crippen molar-refractivity contribution in [3.63, 3.8) is 0 Å². The van der Waals surface area contributed by atoms with Crippen molar-refractivity contribution >= 4 is 29.1 Å². The molecule has 0 bridgehead atoms. The van der Waals surface area contributed by atoms with Crippen molar-refractivity contribution in [1.29, 1.82) is 0 Å². The first-order chi connectivity index (χ1) is 7.24. The molecule has 0 heterocycles. The third-order valence-corrected chi connectivity index (χ3v) is 2.46. The topological polar surface area (TPSA) is 63.3 Å². The van der Waals surface area contributed by atoms with Crippen LogP contribution < -0.4 is 5.73 Å². The predicted octanol–water partition coefficient (Wildman–Crippen LogP) is 2.42. The van der Waals surface area contributed by atoms with Crippen LogP contribution in [-0.4, -0.2) is 11.1 Å². The molecule has 2 aromatic carbocycles. The van der Waals surface area contributed by atoms with Gasteiger partial charge in [0.05, 0.1) is 5.56 Å². The van der Waals surface area contributed by atoms with E-state index in [1.807, 2.05) is 18.2 Å². The fourth-order valence-corrected chi connectivity index (χ4v) is 1.74. The van der Waals surface area contributed by atoms with Crippen LogP contribution in [0.2, 0.25) is 0 Å². The molecular formula is C12H12ClNO2. The number of hydrogen-bond donors (Lipinski definition) is 2. The van der Waals surface area contributed by atoms with Gasteiger partial charge in [0.15, 0.2) is 0 Å². The van der Waals surface area contributed by atoms with E-state index in [-0.39, 0.29) is 12.4 Å². The van der Waals surface area contributed by atoms with E-state index in [0.29, 0.717) is 12.1 Å². The second-order valence-electron chi connectivity index (χ2n) is 3.33. The Morgan fingerprint density at radius 2 is 1.75 bits per heavy atom. The van der Waals surface area contributed by atoms with Crippen LogP contribution in [0.25, 0.3) is 10.8 Å². The zero-order valence-electron chi connectivity index (χ0n) is 8.51. The summed E-state index contributed by atoms with van der Waals surface area (Å²) in [5, 5.41) is 10.7. The lowest BCUT2D eigenvalue weighted by atomic mass is 10.0. The van der Waals surface area contributed by atoms with Crippen LogP contribution in [0.5, 0.6) is 0 Å². The van der Waals surface area contributed by atoms with E-state index >= 15 is 0 Å². The van der Waals surface area contributed by atoms with E-state index in [2.05, 4.69) is 0 Å². The van der Waals surface area contributed by atoms with Crippen molar-refractivity contribution in [2.24, 2.45) is 5.73 Å². The molecule has 0 saturated carbocycles. The Labute approximate surface area is 99.3 Å². The van der Waals surface area contributed by atoms with Gasteiger partial charge in [-0.25, -0.2) is 4.79 Å². The number of halogens is 1. The number of hydrogen-bond acceptors (Lipinski definition) is 2. The van der Waals surface area contributed by atoms with Gasteiger partial charge in [0, 0.05) is 6.54 Å². The van der Waals surface area contributed by atoms with Gasteiger partial charge in [-0.15, -0.1) is 12.4 Å². The number of carboxylic acids is 1. The molecule has 0 atom stereocenters. The number of nitrogens with two attached hydrogens (primary N) is 1. The van der Waals surface area contributed by atoms with Gasteiger partial charge >= 0.3 is 5.97 Å². The van der Waals surface area contributed by atoms with Crippen molar-refractivity contribution in [1.82, 2.24) is 0 Å². The summed E-state index contributed by atoms with van der Waals surface area (Å²) in [5.41, 5.74) is 6.88. The molecule has 0 saturated heterocycles. The quantitative estimate of drug-likeness (QED) is 0.843. The average molecular weight is 238 g/mol. The van der Waals surface area contributed by atoms with Crippen molar-refractivity contribution in [3.8, 4) is 0 Å². The summed E-state index contributed by atoms with van der Waals surface area (Å²) in [6.07, 6.45) is 0. The zero-order chi connectivity index (χ0) is 10.8. The lowest BCUT2D eigenvalue weighted by molar-refractivity contribution is 0.0699. The molecule has 0 radical (unpaired) electrons. The third-order valence-electron chi connectivity index (χ3n) is 2.46. The molecule has 0 aromatic heterocycles. The molecule has 0 spiro atoms. The molecule has 0 unspecified atom stereocenters. The summed E-state index contributed by atoms with van der Waals surface area (Å²) in [6, 6.07) is 10.8. The SMILES string of the molecule is Cl.NCc1cccc2c(C(=O)O)cccc12. The van der Waals surface area contributed by atoms with Crippen LogP contribution >= 0.6 is 12.4 Å². The first kappa shape index (κ1) is 12.5. The minimum Gasteiger partial charge on any atom is -0.478 e. The molecule has 2 aromatic rings. The van der Waals surface area contributed by atoms with Gasteiger partial charge in [-0.05, 0) is 22.4 Å². The van der Waals surface area contributed by atoms with Crippen molar-refractivity contribution in [2.75, 3.05) is 0 Å². The molecule has 3 N–H and O–H groups in total. The normalized spacial score (nSPS) is 9.81. The Bertz CT molecular complexity index is 525. The first-order valence-corrected chi connectivity index (χ1v) is 4.68. The van der Waals surface area contributed by atoms with Gasteiger partial charge in [-0.3, -0.25) is 0 Å². The molecule has 4 heteroatoms. The fourth-order valence-electron chi connectivity index (χ4n) is 1.74. The Morgan fingerprint density at radius 1 is 1.12 bits per heavy atom. The van der Waals surface area contributed by atoms with Gasteiger partial charge in [0.2, 0.25) is 0 Å². The van der Waals surface area contributed by atoms with Crippen LogP contribution in [-0.2, 0) is 6.54 Å². The largest absolute Gasteiger partial charge is 0.478 e. The van der Waals surface area contributed by atoms with Gasteiger partial charge in [-0.1, -0.05) is 30.3 Å². The maximum atomic E-state index is 11.0. The molecule has 16 heavy (non-hydrogen) atoms. The van der Waals surface area contributed by atoms with Gasteiger partial charge < -0.3 is 10.8 Å². The van der Waals surface area contributed by atoms with Crippen molar-refractivity contribution in [3.05, 3.63) is 47.5 Å². The number of carbonyl (C=O) groups is 1. The maximum absolute atomic E-state index is 11.0. The summed E-state index contributed by atoms with van der Waals surface area (Å²) >= 11 is 0. The van der Waals surface area contributed by atoms with E-state index in [1.54, 1.807) is 18.2 Å². The standard InChI is InChI=1S/C12H11NO2.ClH/c13-7-8-3-1-5-10-9(8)4-2-6-11(10)12(14)15;/h1-6H,7,13H2,(H,14,15);1H. The predicted molar refractivity (Wildman–Crippen MR) is 66.0 cm³/mol. The average Bonchev–Trinajstić information content (AvgIpc) is 2.27. The highest BCUT2D eigenvalue weighted by atomic mass is 35.5. The molecule has 2 rings (SSSR count). The maximum Gasteiger partial charge on any atom is 0.336 e. The summed E-state index contributed by atoms with van der Waals surface area (Å²) in [7, 11) is 0. The summed E-state index contributed by atoms with van der Waals surface area (Å²) in [6.45, 7) is 0.417. The van der Waals surface area contributed by atoms with Crippen molar-refractivity contribution < 1.29 is 9.90 Å². The third kappa shape index (κ3) is 2.01. The highest BCUT2D eigenvalue weighted by molar-refractivity contribution is 6.04. The van der Waals surface area contributed by atoms with E-state index in [1.165, 1.54) is 0 Å². The molecule has 0 amide bonds. The van der Waals surface area contributed by atoms with E-state index in [0.717, 1.165) is 16.3 Å². The Balaban J connectivity index is 0.00000128. The van der Waals surface area contributed by atoms with Crippen molar-refractivity contribution in [2.45, 2.75) is 6.54 Å². The fraction of sp³-hybridized carbons (Fsp3) is 0.0833. The molecular weight excluding hydrogens is 226 g/mol. The van der Waals surface area contributed by atoms with E-state index in [4.69, 9.17) is 10.8 Å². The molecule has 0 fully saturated rings. The van der Waals surface area contributed by atoms with Gasteiger partial charge in [-0.2, -0.15) is 0 Å². The number of aromatic carboxylic acids is 1. The number of fused-ring (bicyclic) bond motifs is 1. The van der Waals surface area contributed by atoms with E-state index in [9.17, 15) is 4.79 Å². The van der Waals surface area contributed by atoms with Crippen LogP contribution in [0.3, 0.4) is 0 Å². The molecule has 0 aliphatic heterocycles. The first-order valence-electron chi connectivity index (χ1n) is 4.68. The Kier molecular flexibility index (Phi) is 3.88. The summed E-state index contributed by atoms with van der Waals surface area (Å²) in [4.78, 5) is 11.0. The monoisotopic (exact) mass is 237 g/mol. The van der Waals surface area contributed by atoms with E-state index < -0.39 is 5.97 Å². The minimum absolute atomic E-state index is 0. The van der Waals surface area contributed by atoms with Gasteiger partial charge in [0.1, 0.15) is 0 Å². The summed E-state index contributed by atoms with van der Waals surface area (Å²) in [5.74, 6) is -0.908. The molecule has 0 aliphatic rings. The second-order valence-corrected chi connectivity index (χ2v) is 3.33. The van der Waals surface area contributed by atoms with Crippen LogP contribution in [0.1, 0.15) is 15.9 Å². The molecule has 84 valence electrons. The zero-order valence-corrected chi connectivity index (χ0v) is 9.33. The molecule has 3 nitrogen and oxygen atoms in total. The lowest BCUT2D eigenvalue weighted by Crippen LogP contribution is -2.00. The smallest absolute Gasteiger partial charge is 0.336 e. The molecule has 0 aliphatic carbocycles.